The van der Waals surface area contributed by atoms with Gasteiger partial charge in [0.25, 0.3) is 0 Å². The van der Waals surface area contributed by atoms with Crippen LogP contribution >= 0.6 is 25.6 Å². The van der Waals surface area contributed by atoms with E-state index in [9.17, 15) is 4.79 Å². The number of ether oxygens (including phenoxy) is 1. The summed E-state index contributed by atoms with van der Waals surface area (Å²) in [6, 6.07) is 0. The molecular formula is C8H17NO2S2. The molecule has 0 aromatic heterocycles. The normalized spacial score (nSPS) is 12.3. The zero-order chi connectivity index (χ0) is 10.3. The summed E-state index contributed by atoms with van der Waals surface area (Å²) in [5, 5.41) is 0. The Labute approximate surface area is 90.9 Å². The number of unbranched alkanes of at least 4 members (excludes halogenated alkanes) is 2. The maximum absolute atomic E-state index is 10.9. The molecule has 0 spiro atoms. The van der Waals surface area contributed by atoms with Crippen molar-refractivity contribution in [2.45, 2.75) is 45.6 Å². The summed E-state index contributed by atoms with van der Waals surface area (Å²) in [6.45, 7) is 4.01. The SMILES string of the molecule is CCCCCC(C)OC(=O)N(S)S. The maximum Gasteiger partial charge on any atom is 0.430 e. The van der Waals surface area contributed by atoms with Gasteiger partial charge in [-0.2, -0.15) is 3.71 Å². The predicted molar refractivity (Wildman–Crippen MR) is 59.9 cm³/mol. The number of amides is 1. The highest BCUT2D eigenvalue weighted by atomic mass is 32.2. The lowest BCUT2D eigenvalue weighted by Gasteiger charge is -2.14. The lowest BCUT2D eigenvalue weighted by molar-refractivity contribution is 0.0975. The largest absolute Gasteiger partial charge is 0.445 e. The monoisotopic (exact) mass is 223 g/mol. The van der Waals surface area contributed by atoms with Gasteiger partial charge in [-0.15, -0.1) is 0 Å². The molecule has 0 fully saturated rings. The molecule has 0 aromatic carbocycles. The summed E-state index contributed by atoms with van der Waals surface area (Å²) in [5.41, 5.74) is 0. The number of carbonyl (C=O) groups excluding carboxylic acids is 1. The molecule has 0 radical (unpaired) electrons. The summed E-state index contributed by atoms with van der Waals surface area (Å²) in [7, 11) is 0. The van der Waals surface area contributed by atoms with Crippen LogP contribution in [0.5, 0.6) is 0 Å². The van der Waals surface area contributed by atoms with Gasteiger partial charge in [0.05, 0.1) is 0 Å². The average Bonchev–Trinajstić information content (AvgIpc) is 2.04. The van der Waals surface area contributed by atoms with Crippen LogP contribution in [0.1, 0.15) is 39.5 Å². The second-order valence-electron chi connectivity index (χ2n) is 2.98. The Balaban J connectivity index is 3.50. The molecule has 0 saturated heterocycles. The van der Waals surface area contributed by atoms with Gasteiger partial charge in [-0.1, -0.05) is 19.8 Å². The van der Waals surface area contributed by atoms with Crippen molar-refractivity contribution in [2.24, 2.45) is 0 Å². The van der Waals surface area contributed by atoms with Crippen molar-refractivity contribution in [1.82, 2.24) is 3.71 Å². The Morgan fingerprint density at radius 2 is 2.08 bits per heavy atom. The van der Waals surface area contributed by atoms with Crippen molar-refractivity contribution in [3.05, 3.63) is 0 Å². The van der Waals surface area contributed by atoms with E-state index in [0.717, 1.165) is 16.6 Å². The molecule has 0 heterocycles. The zero-order valence-electron chi connectivity index (χ0n) is 8.06. The Hall–Kier alpha value is -0.0300. The van der Waals surface area contributed by atoms with Gasteiger partial charge in [0, 0.05) is 0 Å². The van der Waals surface area contributed by atoms with E-state index in [-0.39, 0.29) is 6.10 Å². The van der Waals surface area contributed by atoms with E-state index in [1.807, 2.05) is 6.92 Å². The van der Waals surface area contributed by atoms with E-state index in [4.69, 9.17) is 4.74 Å². The predicted octanol–water partition coefficient (Wildman–Crippen LogP) is 3.08. The van der Waals surface area contributed by atoms with Crippen LogP contribution in [0.4, 0.5) is 4.79 Å². The number of carbonyl (C=O) groups is 1. The first-order chi connectivity index (χ1) is 6.07. The highest BCUT2D eigenvalue weighted by Crippen LogP contribution is 2.09. The summed E-state index contributed by atoms with van der Waals surface area (Å²) >= 11 is 7.40. The van der Waals surface area contributed by atoms with Crippen LogP contribution in [0.2, 0.25) is 0 Å². The fourth-order valence-electron chi connectivity index (χ4n) is 0.960. The van der Waals surface area contributed by atoms with Gasteiger partial charge >= 0.3 is 6.09 Å². The van der Waals surface area contributed by atoms with Crippen LogP contribution in [0.15, 0.2) is 0 Å². The fraction of sp³-hybridized carbons (Fsp3) is 0.875. The van der Waals surface area contributed by atoms with Gasteiger partial charge in [0.2, 0.25) is 0 Å². The average molecular weight is 223 g/mol. The molecular weight excluding hydrogens is 206 g/mol. The smallest absolute Gasteiger partial charge is 0.430 e. The maximum atomic E-state index is 10.9. The van der Waals surface area contributed by atoms with E-state index in [1.54, 1.807) is 0 Å². The Kier molecular flexibility index (Phi) is 7.36. The van der Waals surface area contributed by atoms with Crippen molar-refractivity contribution >= 4 is 31.7 Å². The second-order valence-corrected chi connectivity index (χ2v) is 4.10. The minimum atomic E-state index is -0.518. The van der Waals surface area contributed by atoms with Crippen LogP contribution in [0.25, 0.3) is 0 Å². The molecule has 0 aromatic rings. The molecule has 0 aliphatic heterocycles. The lowest BCUT2D eigenvalue weighted by Crippen LogP contribution is -2.20. The number of nitrogens with zero attached hydrogens (tertiary/aromatic N) is 1. The molecule has 0 aliphatic rings. The van der Waals surface area contributed by atoms with Crippen LogP contribution in [-0.4, -0.2) is 15.9 Å². The first-order valence-corrected chi connectivity index (χ1v) is 5.26. The molecule has 1 atom stereocenters. The molecule has 1 amide bonds. The third kappa shape index (κ3) is 7.07. The number of hydrogen-bond donors (Lipinski definition) is 2. The molecule has 13 heavy (non-hydrogen) atoms. The molecule has 3 nitrogen and oxygen atoms in total. The summed E-state index contributed by atoms with van der Waals surface area (Å²) in [6.07, 6.45) is 3.76. The molecule has 5 heteroatoms. The standard InChI is InChI=1S/C8H17NO2S2/c1-3-4-5-6-7(2)11-8(10)9(12)13/h7,12-13H,3-6H2,1-2H3. The highest BCUT2D eigenvalue weighted by molar-refractivity contribution is 7.94. The van der Waals surface area contributed by atoms with Gasteiger partial charge in [-0.3, -0.25) is 0 Å². The number of rotatable bonds is 5. The minimum absolute atomic E-state index is 0.0548. The summed E-state index contributed by atoms with van der Waals surface area (Å²) < 4.78 is 5.84. The van der Waals surface area contributed by atoms with E-state index in [2.05, 4.69) is 32.6 Å². The Bertz CT molecular complexity index is 153. The van der Waals surface area contributed by atoms with Gasteiger partial charge in [-0.05, 0) is 45.4 Å². The summed E-state index contributed by atoms with van der Waals surface area (Å²) in [4.78, 5) is 10.9. The minimum Gasteiger partial charge on any atom is -0.445 e. The Morgan fingerprint density at radius 3 is 2.54 bits per heavy atom. The summed E-state index contributed by atoms with van der Waals surface area (Å²) in [5.74, 6) is 0. The van der Waals surface area contributed by atoms with Crippen molar-refractivity contribution in [3.8, 4) is 0 Å². The van der Waals surface area contributed by atoms with Gasteiger partial charge in [0.1, 0.15) is 6.10 Å². The number of thiol groups is 2. The van der Waals surface area contributed by atoms with Gasteiger partial charge < -0.3 is 4.74 Å². The second kappa shape index (κ2) is 7.38. The van der Waals surface area contributed by atoms with Crippen LogP contribution in [-0.2, 0) is 4.74 Å². The third-order valence-electron chi connectivity index (χ3n) is 1.68. The zero-order valence-corrected chi connectivity index (χ0v) is 9.85. The van der Waals surface area contributed by atoms with E-state index in [0.29, 0.717) is 0 Å². The molecule has 0 aliphatic carbocycles. The number of hydrogen-bond acceptors (Lipinski definition) is 4. The van der Waals surface area contributed by atoms with Crippen molar-refractivity contribution < 1.29 is 9.53 Å². The Morgan fingerprint density at radius 1 is 1.46 bits per heavy atom. The first kappa shape index (κ1) is 13.0. The van der Waals surface area contributed by atoms with Gasteiger partial charge in [0.15, 0.2) is 0 Å². The lowest BCUT2D eigenvalue weighted by atomic mass is 10.1. The topological polar surface area (TPSA) is 29.5 Å². The quantitative estimate of drug-likeness (QED) is 0.554. The van der Waals surface area contributed by atoms with Crippen molar-refractivity contribution in [2.75, 3.05) is 0 Å². The van der Waals surface area contributed by atoms with Crippen LogP contribution < -0.4 is 0 Å². The first-order valence-electron chi connectivity index (χ1n) is 4.46. The third-order valence-corrected chi connectivity index (χ3v) is 2.01. The van der Waals surface area contributed by atoms with E-state index in [1.165, 1.54) is 12.8 Å². The van der Waals surface area contributed by atoms with E-state index < -0.39 is 6.09 Å². The van der Waals surface area contributed by atoms with Crippen LogP contribution in [0, 0.1) is 0 Å². The molecule has 0 bridgehead atoms. The molecule has 0 rings (SSSR count). The van der Waals surface area contributed by atoms with Gasteiger partial charge in [-0.25, -0.2) is 4.79 Å². The van der Waals surface area contributed by atoms with E-state index >= 15 is 0 Å². The fourth-order valence-corrected chi connectivity index (χ4v) is 1.05. The van der Waals surface area contributed by atoms with Crippen molar-refractivity contribution in [3.63, 3.8) is 0 Å². The molecule has 0 N–H and O–H groups in total. The van der Waals surface area contributed by atoms with Crippen LogP contribution in [0.3, 0.4) is 0 Å². The molecule has 78 valence electrons. The molecule has 0 saturated carbocycles. The highest BCUT2D eigenvalue weighted by Gasteiger charge is 2.11. The molecule has 1 unspecified atom stereocenters. The van der Waals surface area contributed by atoms with Crippen molar-refractivity contribution in [1.29, 1.82) is 0 Å².